The van der Waals surface area contributed by atoms with Crippen molar-refractivity contribution < 1.29 is 32.9 Å². The van der Waals surface area contributed by atoms with Gasteiger partial charge in [0.2, 0.25) is 5.91 Å². The zero-order valence-corrected chi connectivity index (χ0v) is 48.8. The zero-order valence-electron chi connectivity index (χ0n) is 47.9. The van der Waals surface area contributed by atoms with Gasteiger partial charge in [-0.25, -0.2) is 4.57 Å². The van der Waals surface area contributed by atoms with Gasteiger partial charge in [-0.15, -0.1) is 0 Å². The Kier molecular flexibility index (Phi) is 52.2. The smallest absolute Gasteiger partial charge is 0.387 e. The third-order valence-corrected chi connectivity index (χ3v) is 14.4. The van der Waals surface area contributed by atoms with Gasteiger partial charge >= 0.3 is 7.82 Å². The topological polar surface area (TPSA) is 105 Å². The number of unbranched alkanes of at least 4 members (excludes halogenated alkanes) is 32. The van der Waals surface area contributed by atoms with Crippen molar-refractivity contribution in [3.05, 3.63) is 72.9 Å². The summed E-state index contributed by atoms with van der Waals surface area (Å²) in [5.74, 6) is -0.190. The molecule has 0 saturated heterocycles. The third-order valence-electron chi connectivity index (χ3n) is 13.4. The van der Waals surface area contributed by atoms with Crippen molar-refractivity contribution >= 4 is 13.7 Å². The average Bonchev–Trinajstić information content (AvgIpc) is 3.34. The molecular formula is C63H118N2O6P+. The summed E-state index contributed by atoms with van der Waals surface area (Å²) in [4.78, 5) is 23.3. The molecule has 0 aliphatic heterocycles. The highest BCUT2D eigenvalue weighted by Crippen LogP contribution is 2.43. The van der Waals surface area contributed by atoms with Gasteiger partial charge in [0.15, 0.2) is 0 Å². The lowest BCUT2D eigenvalue weighted by Gasteiger charge is -2.25. The molecule has 0 bridgehead atoms. The Labute approximate surface area is 446 Å². The van der Waals surface area contributed by atoms with E-state index in [1.165, 1.54) is 193 Å². The fourth-order valence-corrected chi connectivity index (χ4v) is 9.35. The number of carbonyl (C=O) groups excluding carboxylic acids is 1. The molecule has 3 N–H and O–H groups in total. The summed E-state index contributed by atoms with van der Waals surface area (Å²) < 4.78 is 23.7. The number of amides is 1. The van der Waals surface area contributed by atoms with E-state index in [4.69, 9.17) is 9.05 Å². The van der Waals surface area contributed by atoms with Crippen LogP contribution >= 0.6 is 7.82 Å². The van der Waals surface area contributed by atoms with Crippen LogP contribution in [0.3, 0.4) is 0 Å². The van der Waals surface area contributed by atoms with Crippen LogP contribution in [0.2, 0.25) is 0 Å². The molecule has 0 aromatic heterocycles. The number of aliphatic hydroxyl groups excluding tert-OH is 1. The molecule has 9 heteroatoms. The minimum atomic E-state index is -4.36. The summed E-state index contributed by atoms with van der Waals surface area (Å²) in [6.45, 7) is 4.77. The van der Waals surface area contributed by atoms with Gasteiger partial charge in [0, 0.05) is 6.42 Å². The van der Waals surface area contributed by atoms with Crippen LogP contribution in [-0.2, 0) is 18.4 Å². The number of quaternary nitrogens is 1. The molecule has 0 aromatic carbocycles. The molecule has 0 radical (unpaired) electrons. The number of hydrogen-bond acceptors (Lipinski definition) is 5. The second kappa shape index (κ2) is 53.8. The number of likely N-dealkylation sites (N-methyl/N-ethyl adjacent to an activating group) is 1. The fourth-order valence-electron chi connectivity index (χ4n) is 8.61. The van der Waals surface area contributed by atoms with Crippen LogP contribution in [0.25, 0.3) is 0 Å². The van der Waals surface area contributed by atoms with E-state index in [0.29, 0.717) is 17.4 Å². The van der Waals surface area contributed by atoms with E-state index in [1.807, 2.05) is 27.2 Å². The molecule has 0 aromatic rings. The number of aliphatic hydroxyl groups is 1. The number of nitrogens with one attached hydrogen (secondary N) is 1. The van der Waals surface area contributed by atoms with Crippen molar-refractivity contribution in [1.82, 2.24) is 5.32 Å². The van der Waals surface area contributed by atoms with Crippen molar-refractivity contribution in [2.75, 3.05) is 40.9 Å². The van der Waals surface area contributed by atoms with Crippen LogP contribution in [0.4, 0.5) is 0 Å². The standard InChI is InChI=1S/C63H117N2O6P/c1-6-8-10-12-14-16-18-20-22-23-24-25-26-27-28-29-30-31-32-33-34-35-36-37-38-39-40-41-43-45-47-49-51-53-55-57-63(67)64-61(60-71-72(68,69)70-59-58-65(3,4)5)62(66)56-54-52-50-48-46-44-42-21-19-17-15-13-11-9-7-2/h18-21,23-24,26-27,46,48,54,56,61-62,66H,6-17,22,25,28-45,47,49-53,55,57-60H2,1-5H3,(H-,64,67,68,69)/p+1/b20-18-,21-19+,24-23-,27-26-,48-46+,56-54+. The summed E-state index contributed by atoms with van der Waals surface area (Å²) in [7, 11) is 1.55. The second-order valence-electron chi connectivity index (χ2n) is 21.7. The first kappa shape index (κ1) is 69.9. The molecule has 0 fully saturated rings. The van der Waals surface area contributed by atoms with Gasteiger partial charge in [-0.3, -0.25) is 13.8 Å². The molecule has 420 valence electrons. The Bertz CT molecular complexity index is 1400. The Hall–Kier alpha value is -2.06. The van der Waals surface area contributed by atoms with Crippen LogP contribution in [0.1, 0.15) is 271 Å². The maximum absolute atomic E-state index is 13.0. The van der Waals surface area contributed by atoms with Crippen molar-refractivity contribution in [2.24, 2.45) is 0 Å². The zero-order chi connectivity index (χ0) is 52.7. The van der Waals surface area contributed by atoms with Crippen LogP contribution in [0.15, 0.2) is 72.9 Å². The summed E-state index contributed by atoms with van der Waals surface area (Å²) in [5, 5.41) is 13.9. The predicted octanol–water partition coefficient (Wildman–Crippen LogP) is 18.7. The first-order chi connectivity index (χ1) is 35.0. The van der Waals surface area contributed by atoms with Gasteiger partial charge in [0.1, 0.15) is 13.2 Å². The van der Waals surface area contributed by atoms with Crippen molar-refractivity contribution in [1.29, 1.82) is 0 Å². The molecule has 1 amide bonds. The molecule has 3 atom stereocenters. The molecule has 3 unspecified atom stereocenters. The van der Waals surface area contributed by atoms with E-state index in [9.17, 15) is 19.4 Å². The summed E-state index contributed by atoms with van der Waals surface area (Å²) in [6.07, 6.45) is 74.6. The highest BCUT2D eigenvalue weighted by molar-refractivity contribution is 7.47. The van der Waals surface area contributed by atoms with Crippen molar-refractivity contribution in [2.45, 2.75) is 283 Å². The molecular weight excluding hydrogens is 912 g/mol. The first-order valence-corrected chi connectivity index (χ1v) is 31.8. The van der Waals surface area contributed by atoms with Crippen LogP contribution < -0.4 is 5.32 Å². The molecule has 0 heterocycles. The summed E-state index contributed by atoms with van der Waals surface area (Å²) in [6, 6.07) is -0.871. The number of hydrogen-bond donors (Lipinski definition) is 3. The number of phosphoric acid groups is 1. The summed E-state index contributed by atoms with van der Waals surface area (Å²) >= 11 is 0. The lowest BCUT2D eigenvalue weighted by Crippen LogP contribution is -2.45. The van der Waals surface area contributed by atoms with Crippen molar-refractivity contribution in [3.8, 4) is 0 Å². The quantitative estimate of drug-likeness (QED) is 0.0243. The van der Waals surface area contributed by atoms with Gasteiger partial charge < -0.3 is 19.8 Å². The predicted molar refractivity (Wildman–Crippen MR) is 313 cm³/mol. The van der Waals surface area contributed by atoms with Gasteiger partial charge in [-0.2, -0.15) is 0 Å². The second-order valence-corrected chi connectivity index (χ2v) is 23.2. The fraction of sp³-hybridized carbons (Fsp3) is 0.794. The Morgan fingerprint density at radius 1 is 0.472 bits per heavy atom. The van der Waals surface area contributed by atoms with E-state index >= 15 is 0 Å². The Morgan fingerprint density at radius 3 is 1.21 bits per heavy atom. The van der Waals surface area contributed by atoms with Crippen LogP contribution in [0, 0.1) is 0 Å². The van der Waals surface area contributed by atoms with Crippen molar-refractivity contribution in [3.63, 3.8) is 0 Å². The van der Waals surface area contributed by atoms with E-state index < -0.39 is 20.0 Å². The molecule has 72 heavy (non-hydrogen) atoms. The van der Waals surface area contributed by atoms with Gasteiger partial charge in [0.05, 0.1) is 39.9 Å². The number of phosphoric ester groups is 1. The number of nitrogens with zero attached hydrogens (tertiary/aromatic N) is 1. The average molecular weight is 1030 g/mol. The normalized spacial score (nSPS) is 14.4. The van der Waals surface area contributed by atoms with Gasteiger partial charge in [-0.05, 0) is 83.5 Å². The minimum absolute atomic E-state index is 0.0524. The lowest BCUT2D eigenvalue weighted by atomic mass is 10.0. The monoisotopic (exact) mass is 1030 g/mol. The number of carbonyl (C=O) groups is 1. The minimum Gasteiger partial charge on any atom is -0.387 e. The van der Waals surface area contributed by atoms with E-state index in [0.717, 1.165) is 57.8 Å². The Morgan fingerprint density at radius 2 is 0.806 bits per heavy atom. The van der Waals surface area contributed by atoms with Crippen LogP contribution in [0.5, 0.6) is 0 Å². The molecule has 8 nitrogen and oxygen atoms in total. The van der Waals surface area contributed by atoms with E-state index in [1.54, 1.807) is 6.08 Å². The maximum Gasteiger partial charge on any atom is 0.472 e. The Balaban J connectivity index is 4.04. The largest absolute Gasteiger partial charge is 0.472 e. The number of rotatable bonds is 55. The SMILES string of the molecule is CCCCCCC/C=C\C/C=C\C/C=C\CCCCCCCCCCCCCCCCCCCCCCC(=O)NC(COP(=O)(O)OCC[N+](C)(C)C)C(O)/C=C/CC/C=C/CC/C=C/CCCCCCC. The summed E-state index contributed by atoms with van der Waals surface area (Å²) in [5.41, 5.74) is 0. The molecule has 0 rings (SSSR count). The lowest BCUT2D eigenvalue weighted by molar-refractivity contribution is -0.870. The van der Waals surface area contributed by atoms with E-state index in [-0.39, 0.29) is 19.1 Å². The first-order valence-electron chi connectivity index (χ1n) is 30.3. The highest BCUT2D eigenvalue weighted by Gasteiger charge is 2.27. The van der Waals surface area contributed by atoms with Crippen LogP contribution in [-0.4, -0.2) is 73.4 Å². The highest BCUT2D eigenvalue weighted by atomic mass is 31.2. The third kappa shape index (κ3) is 55.7. The van der Waals surface area contributed by atoms with E-state index in [2.05, 4.69) is 79.9 Å². The molecule has 0 spiro atoms. The molecule has 0 aliphatic carbocycles. The number of allylic oxidation sites excluding steroid dienone is 11. The molecule has 0 saturated carbocycles. The molecule has 0 aliphatic rings. The van der Waals surface area contributed by atoms with Gasteiger partial charge in [-0.1, -0.05) is 254 Å². The maximum atomic E-state index is 13.0. The van der Waals surface area contributed by atoms with Gasteiger partial charge in [0.25, 0.3) is 0 Å².